The van der Waals surface area contributed by atoms with E-state index in [0.29, 0.717) is 28.9 Å². The molecule has 2 aromatic rings. The summed E-state index contributed by atoms with van der Waals surface area (Å²) < 4.78 is 5.20. The van der Waals surface area contributed by atoms with Crippen molar-refractivity contribution >= 4 is 29.4 Å². The molecule has 0 saturated carbocycles. The van der Waals surface area contributed by atoms with Crippen LogP contribution in [0, 0.1) is 13.8 Å². The van der Waals surface area contributed by atoms with Crippen LogP contribution in [0.1, 0.15) is 41.0 Å². The second kappa shape index (κ2) is 6.62. The third-order valence-electron chi connectivity index (χ3n) is 4.14. The quantitative estimate of drug-likeness (QED) is 0.915. The van der Waals surface area contributed by atoms with Crippen molar-refractivity contribution in [3.8, 4) is 0 Å². The Morgan fingerprint density at radius 1 is 1.45 bits per heavy atom. The highest BCUT2D eigenvalue weighted by Gasteiger charge is 2.29. The lowest BCUT2D eigenvalue weighted by atomic mass is 10.00. The minimum absolute atomic E-state index is 0. The molecular formula is C15H21ClN4O2. The minimum atomic E-state index is 0. The summed E-state index contributed by atoms with van der Waals surface area (Å²) in [4.78, 5) is 19.2. The number of aromatic nitrogens is 2. The van der Waals surface area contributed by atoms with Crippen LogP contribution < -0.4 is 5.73 Å². The molecule has 1 saturated heterocycles. The van der Waals surface area contributed by atoms with Crippen molar-refractivity contribution in [2.24, 2.45) is 5.73 Å². The van der Waals surface area contributed by atoms with Gasteiger partial charge in [0.25, 0.3) is 11.6 Å². The van der Waals surface area contributed by atoms with Gasteiger partial charge in [0.05, 0.1) is 16.6 Å². The van der Waals surface area contributed by atoms with Crippen molar-refractivity contribution in [1.29, 1.82) is 0 Å². The normalized spacial score (nSPS) is 18.3. The number of nitrogens with two attached hydrogens (primary N) is 1. The molecule has 1 aliphatic heterocycles. The maximum atomic E-state index is 13.0. The van der Waals surface area contributed by atoms with Gasteiger partial charge >= 0.3 is 0 Å². The number of halogens is 1. The zero-order chi connectivity index (χ0) is 15.0. The molecule has 7 heteroatoms. The predicted molar refractivity (Wildman–Crippen MR) is 86.3 cm³/mol. The van der Waals surface area contributed by atoms with Crippen LogP contribution in [0.4, 0.5) is 0 Å². The summed E-state index contributed by atoms with van der Waals surface area (Å²) in [5.74, 6) is 0.00644. The molecule has 0 aliphatic carbocycles. The summed E-state index contributed by atoms with van der Waals surface area (Å²) in [6.07, 6.45) is 3.12. The maximum Gasteiger partial charge on any atom is 0.258 e. The molecule has 1 fully saturated rings. The van der Waals surface area contributed by atoms with E-state index in [1.54, 1.807) is 0 Å². The van der Waals surface area contributed by atoms with E-state index in [1.807, 2.05) is 24.8 Å². The van der Waals surface area contributed by atoms with Gasteiger partial charge in [-0.2, -0.15) is 0 Å². The Morgan fingerprint density at radius 3 is 2.95 bits per heavy atom. The molecule has 0 radical (unpaired) electrons. The third-order valence-corrected chi connectivity index (χ3v) is 4.14. The maximum absolute atomic E-state index is 13.0. The first-order chi connectivity index (χ1) is 10.1. The van der Waals surface area contributed by atoms with Crippen LogP contribution in [0.15, 0.2) is 10.6 Å². The van der Waals surface area contributed by atoms with Gasteiger partial charge in [0.15, 0.2) is 0 Å². The predicted octanol–water partition coefficient (Wildman–Crippen LogP) is 2.21. The SMILES string of the molecule is Cc1cc(C(=O)N2CCCCC2CN)c2c(C)noc2n1.Cl. The number of nitrogens with zero attached hydrogens (tertiary/aromatic N) is 3. The fraction of sp³-hybridized carbons (Fsp3) is 0.533. The number of hydrogen-bond acceptors (Lipinski definition) is 5. The molecule has 22 heavy (non-hydrogen) atoms. The minimum Gasteiger partial charge on any atom is -0.336 e. The number of likely N-dealkylation sites (tertiary alicyclic amines) is 1. The van der Waals surface area contributed by atoms with Crippen LogP contribution in [-0.2, 0) is 0 Å². The Kier molecular flexibility index (Phi) is 5.03. The van der Waals surface area contributed by atoms with Gasteiger partial charge in [-0.1, -0.05) is 5.16 Å². The van der Waals surface area contributed by atoms with Crippen molar-refractivity contribution in [3.05, 3.63) is 23.0 Å². The van der Waals surface area contributed by atoms with E-state index in [9.17, 15) is 4.79 Å². The van der Waals surface area contributed by atoms with Crippen molar-refractivity contribution in [3.63, 3.8) is 0 Å². The van der Waals surface area contributed by atoms with Crippen LogP contribution in [0.5, 0.6) is 0 Å². The number of aryl methyl sites for hydroxylation is 2. The highest BCUT2D eigenvalue weighted by Crippen LogP contribution is 2.26. The topological polar surface area (TPSA) is 85.2 Å². The van der Waals surface area contributed by atoms with Crippen molar-refractivity contribution in [1.82, 2.24) is 15.0 Å². The molecule has 3 heterocycles. The number of carbonyl (C=O) groups is 1. The Bertz CT molecular complexity index is 685. The van der Waals surface area contributed by atoms with E-state index in [4.69, 9.17) is 10.3 Å². The van der Waals surface area contributed by atoms with Crippen molar-refractivity contribution in [2.75, 3.05) is 13.1 Å². The molecule has 0 bridgehead atoms. The lowest BCUT2D eigenvalue weighted by Gasteiger charge is -2.35. The Balaban J connectivity index is 0.00000176. The molecule has 1 atom stereocenters. The van der Waals surface area contributed by atoms with Crippen LogP contribution in [0.2, 0.25) is 0 Å². The summed E-state index contributed by atoms with van der Waals surface area (Å²) in [6, 6.07) is 1.94. The molecule has 1 amide bonds. The number of fused-ring (bicyclic) bond motifs is 1. The summed E-state index contributed by atoms with van der Waals surface area (Å²) in [6.45, 7) is 4.94. The van der Waals surface area contributed by atoms with Gasteiger partial charge in [-0.25, -0.2) is 4.98 Å². The molecule has 2 aromatic heterocycles. The summed E-state index contributed by atoms with van der Waals surface area (Å²) in [5.41, 5.74) is 8.32. The van der Waals surface area contributed by atoms with Gasteiger partial charge in [0.2, 0.25) is 0 Å². The van der Waals surface area contributed by atoms with Gasteiger partial charge in [-0.05, 0) is 39.2 Å². The van der Waals surface area contributed by atoms with Gasteiger partial charge < -0.3 is 15.2 Å². The lowest BCUT2D eigenvalue weighted by Crippen LogP contribution is -2.47. The fourth-order valence-corrected chi connectivity index (χ4v) is 3.05. The van der Waals surface area contributed by atoms with Gasteiger partial charge in [0, 0.05) is 24.8 Å². The Hall–Kier alpha value is -1.66. The number of hydrogen-bond donors (Lipinski definition) is 1. The second-order valence-electron chi connectivity index (χ2n) is 5.64. The average molecular weight is 325 g/mol. The van der Waals surface area contributed by atoms with Crippen LogP contribution in [0.3, 0.4) is 0 Å². The highest BCUT2D eigenvalue weighted by atomic mass is 35.5. The fourth-order valence-electron chi connectivity index (χ4n) is 3.05. The Morgan fingerprint density at radius 2 is 2.23 bits per heavy atom. The standard InChI is InChI=1S/C15H20N4O2.ClH/c1-9-7-12(13-10(2)18-21-14(13)17-9)15(20)19-6-4-3-5-11(19)8-16;/h7,11H,3-6,8,16H2,1-2H3;1H. The highest BCUT2D eigenvalue weighted by molar-refractivity contribution is 6.06. The van der Waals surface area contributed by atoms with Gasteiger partial charge in [0.1, 0.15) is 0 Å². The van der Waals surface area contributed by atoms with E-state index in [2.05, 4.69) is 10.1 Å². The first-order valence-electron chi connectivity index (χ1n) is 7.36. The zero-order valence-corrected chi connectivity index (χ0v) is 13.7. The largest absolute Gasteiger partial charge is 0.336 e. The van der Waals surface area contributed by atoms with E-state index in [1.165, 1.54) is 0 Å². The van der Waals surface area contributed by atoms with E-state index < -0.39 is 0 Å². The number of pyridine rings is 1. The zero-order valence-electron chi connectivity index (χ0n) is 12.8. The average Bonchev–Trinajstić information content (AvgIpc) is 2.86. The van der Waals surface area contributed by atoms with Gasteiger partial charge in [-0.3, -0.25) is 4.79 Å². The lowest BCUT2D eigenvalue weighted by molar-refractivity contribution is 0.0625. The Labute approximate surface area is 135 Å². The first-order valence-corrected chi connectivity index (χ1v) is 7.36. The number of piperidine rings is 1. The molecule has 0 spiro atoms. The summed E-state index contributed by atoms with van der Waals surface area (Å²) in [5, 5.41) is 4.65. The number of rotatable bonds is 2. The van der Waals surface area contributed by atoms with Gasteiger partial charge in [-0.15, -0.1) is 12.4 Å². The molecule has 0 aromatic carbocycles. The van der Waals surface area contributed by atoms with Crippen LogP contribution in [-0.4, -0.2) is 40.1 Å². The van der Waals surface area contributed by atoms with Crippen LogP contribution in [0.25, 0.3) is 11.1 Å². The molecule has 6 nitrogen and oxygen atoms in total. The first kappa shape index (κ1) is 16.7. The van der Waals surface area contributed by atoms with E-state index in [-0.39, 0.29) is 24.4 Å². The van der Waals surface area contributed by atoms with Crippen molar-refractivity contribution in [2.45, 2.75) is 39.2 Å². The monoisotopic (exact) mass is 324 g/mol. The van der Waals surface area contributed by atoms with Crippen molar-refractivity contribution < 1.29 is 9.32 Å². The molecule has 3 rings (SSSR count). The third kappa shape index (κ3) is 2.80. The molecule has 1 unspecified atom stereocenters. The summed E-state index contributed by atoms with van der Waals surface area (Å²) in [7, 11) is 0. The van der Waals surface area contributed by atoms with Crippen LogP contribution >= 0.6 is 12.4 Å². The second-order valence-corrected chi connectivity index (χ2v) is 5.64. The number of amides is 1. The molecule has 120 valence electrons. The molecule has 1 aliphatic rings. The number of carbonyl (C=O) groups excluding carboxylic acids is 1. The smallest absolute Gasteiger partial charge is 0.258 e. The van der Waals surface area contributed by atoms with E-state index in [0.717, 1.165) is 31.5 Å². The molecular weight excluding hydrogens is 304 g/mol. The molecule has 2 N–H and O–H groups in total. The van der Waals surface area contributed by atoms with E-state index >= 15 is 0 Å². The summed E-state index contributed by atoms with van der Waals surface area (Å²) >= 11 is 0.